The summed E-state index contributed by atoms with van der Waals surface area (Å²) in [5, 5.41) is 0. The SMILES string of the molecule is C=C[C@H]1CC(C(=O)OC)(C(=O)OC)[C@H](c2cc(OC)ccc2OC)[C@H]1C(=O)C(=O)OCC. The average molecular weight is 448 g/mol. The molecule has 0 heterocycles. The van der Waals surface area contributed by atoms with Gasteiger partial charge in [0.25, 0.3) is 0 Å². The van der Waals surface area contributed by atoms with Crippen LogP contribution >= 0.6 is 0 Å². The highest BCUT2D eigenvalue weighted by atomic mass is 16.5. The molecule has 3 atom stereocenters. The molecular weight excluding hydrogens is 420 g/mol. The van der Waals surface area contributed by atoms with Crippen molar-refractivity contribution in [2.24, 2.45) is 17.3 Å². The fraction of sp³-hybridized carbons (Fsp3) is 0.478. The molecule has 0 radical (unpaired) electrons. The van der Waals surface area contributed by atoms with Gasteiger partial charge in [0.1, 0.15) is 11.5 Å². The van der Waals surface area contributed by atoms with Crippen molar-refractivity contribution in [1.82, 2.24) is 0 Å². The Morgan fingerprint density at radius 2 is 1.69 bits per heavy atom. The van der Waals surface area contributed by atoms with Crippen LogP contribution in [-0.4, -0.2) is 58.7 Å². The number of carbonyl (C=O) groups is 4. The van der Waals surface area contributed by atoms with Crippen LogP contribution in [-0.2, 0) is 33.4 Å². The lowest BCUT2D eigenvalue weighted by atomic mass is 9.70. The van der Waals surface area contributed by atoms with Crippen molar-refractivity contribution in [3.8, 4) is 11.5 Å². The number of ether oxygens (including phenoxy) is 5. The van der Waals surface area contributed by atoms with E-state index in [-0.39, 0.29) is 13.0 Å². The quantitative estimate of drug-likeness (QED) is 0.184. The minimum absolute atomic E-state index is 0.0116. The molecule has 0 unspecified atom stereocenters. The van der Waals surface area contributed by atoms with Gasteiger partial charge < -0.3 is 23.7 Å². The number of hydrogen-bond donors (Lipinski definition) is 0. The standard InChI is InChI=1S/C23H28O9/c1-7-13-12-23(21(26)30-5,22(27)31-6)18(17(13)19(24)20(25)32-8-2)15-11-14(28-3)9-10-16(15)29-4/h7,9-11,13,17-18H,1,8,12H2,2-6H3/t13-,17-,18+/m0/s1. The Morgan fingerprint density at radius 3 is 2.16 bits per heavy atom. The number of allylic oxidation sites excluding steroid dienone is 1. The van der Waals surface area contributed by atoms with E-state index in [1.807, 2.05) is 0 Å². The third-order valence-electron chi connectivity index (χ3n) is 5.86. The molecule has 0 N–H and O–H groups in total. The number of rotatable bonds is 9. The summed E-state index contributed by atoms with van der Waals surface area (Å²) in [6, 6.07) is 4.77. The second kappa shape index (κ2) is 10.3. The topological polar surface area (TPSA) is 114 Å². The van der Waals surface area contributed by atoms with E-state index in [2.05, 4.69) is 6.58 Å². The minimum atomic E-state index is -1.94. The Bertz CT molecular complexity index is 889. The smallest absolute Gasteiger partial charge is 0.374 e. The third-order valence-corrected chi connectivity index (χ3v) is 5.86. The zero-order valence-corrected chi connectivity index (χ0v) is 18.8. The van der Waals surface area contributed by atoms with Gasteiger partial charge in [-0.15, -0.1) is 6.58 Å². The van der Waals surface area contributed by atoms with Crippen LogP contribution in [0.2, 0.25) is 0 Å². The molecule has 1 aliphatic carbocycles. The van der Waals surface area contributed by atoms with Gasteiger partial charge in [0.2, 0.25) is 5.78 Å². The van der Waals surface area contributed by atoms with Crippen LogP contribution in [0.5, 0.6) is 11.5 Å². The molecule has 2 rings (SSSR count). The van der Waals surface area contributed by atoms with E-state index in [1.165, 1.54) is 20.3 Å². The summed E-state index contributed by atoms with van der Waals surface area (Å²) >= 11 is 0. The molecule has 0 spiro atoms. The van der Waals surface area contributed by atoms with E-state index < -0.39 is 46.9 Å². The van der Waals surface area contributed by atoms with Gasteiger partial charge in [-0.3, -0.25) is 14.4 Å². The van der Waals surface area contributed by atoms with Crippen LogP contribution in [0.3, 0.4) is 0 Å². The first-order valence-electron chi connectivity index (χ1n) is 9.99. The Balaban J connectivity index is 2.90. The van der Waals surface area contributed by atoms with Crippen molar-refractivity contribution in [2.45, 2.75) is 19.3 Å². The molecule has 0 aromatic heterocycles. The Morgan fingerprint density at radius 1 is 1.06 bits per heavy atom. The van der Waals surface area contributed by atoms with Gasteiger partial charge in [-0.25, -0.2) is 4.79 Å². The second-order valence-electron chi connectivity index (χ2n) is 7.25. The predicted molar refractivity (Wildman–Crippen MR) is 112 cm³/mol. The highest BCUT2D eigenvalue weighted by molar-refractivity contribution is 6.35. The number of hydrogen-bond acceptors (Lipinski definition) is 9. The number of benzene rings is 1. The first-order chi connectivity index (χ1) is 15.3. The number of methoxy groups -OCH3 is 4. The maximum atomic E-state index is 13.3. The molecule has 32 heavy (non-hydrogen) atoms. The van der Waals surface area contributed by atoms with Gasteiger partial charge >= 0.3 is 17.9 Å². The Kier molecular flexibility index (Phi) is 8.02. The van der Waals surface area contributed by atoms with Crippen molar-refractivity contribution in [1.29, 1.82) is 0 Å². The first-order valence-corrected chi connectivity index (χ1v) is 9.99. The van der Waals surface area contributed by atoms with Gasteiger partial charge in [0.05, 0.1) is 35.0 Å². The maximum Gasteiger partial charge on any atom is 0.374 e. The summed E-state index contributed by atoms with van der Waals surface area (Å²) in [5.41, 5.74) is -1.62. The minimum Gasteiger partial charge on any atom is -0.497 e. The molecule has 9 heteroatoms. The lowest BCUT2D eigenvalue weighted by Gasteiger charge is -2.33. The molecule has 1 aliphatic rings. The predicted octanol–water partition coefficient (Wildman–Crippen LogP) is 2.07. The second-order valence-corrected chi connectivity index (χ2v) is 7.25. The van der Waals surface area contributed by atoms with Crippen LogP contribution in [0.25, 0.3) is 0 Å². The number of carbonyl (C=O) groups excluding carboxylic acids is 4. The Labute approximate surface area is 186 Å². The van der Waals surface area contributed by atoms with Gasteiger partial charge in [-0.1, -0.05) is 6.08 Å². The molecule has 0 bridgehead atoms. The van der Waals surface area contributed by atoms with E-state index in [0.717, 1.165) is 14.2 Å². The summed E-state index contributed by atoms with van der Waals surface area (Å²) in [5.74, 6) is -6.13. The first kappa shape index (κ1) is 24.9. The normalized spacial score (nSPS) is 21.2. The van der Waals surface area contributed by atoms with Gasteiger partial charge in [0.15, 0.2) is 5.41 Å². The van der Waals surface area contributed by atoms with E-state index >= 15 is 0 Å². The molecule has 1 saturated carbocycles. The van der Waals surface area contributed by atoms with Crippen molar-refractivity contribution in [2.75, 3.05) is 35.0 Å². The zero-order valence-electron chi connectivity index (χ0n) is 18.8. The summed E-state index contributed by atoms with van der Waals surface area (Å²) < 4.78 is 25.7. The molecule has 1 aromatic carbocycles. The molecule has 9 nitrogen and oxygen atoms in total. The molecule has 1 fully saturated rings. The van der Waals surface area contributed by atoms with Crippen molar-refractivity contribution in [3.05, 3.63) is 36.4 Å². The molecule has 1 aromatic rings. The van der Waals surface area contributed by atoms with Crippen molar-refractivity contribution >= 4 is 23.7 Å². The maximum absolute atomic E-state index is 13.3. The van der Waals surface area contributed by atoms with Crippen LogP contribution < -0.4 is 9.47 Å². The van der Waals surface area contributed by atoms with Crippen LogP contribution in [0.4, 0.5) is 0 Å². The van der Waals surface area contributed by atoms with Crippen LogP contribution in [0.15, 0.2) is 30.9 Å². The van der Waals surface area contributed by atoms with Crippen LogP contribution in [0.1, 0.15) is 24.8 Å². The monoisotopic (exact) mass is 448 g/mol. The fourth-order valence-corrected chi connectivity index (χ4v) is 4.50. The van der Waals surface area contributed by atoms with Crippen molar-refractivity contribution in [3.63, 3.8) is 0 Å². The fourth-order valence-electron chi connectivity index (χ4n) is 4.50. The number of ketones is 1. The molecule has 0 saturated heterocycles. The zero-order chi connectivity index (χ0) is 24.1. The highest BCUT2D eigenvalue weighted by Crippen LogP contribution is 2.59. The summed E-state index contributed by atoms with van der Waals surface area (Å²) in [6.45, 7) is 5.31. The van der Waals surface area contributed by atoms with Gasteiger partial charge in [-0.05, 0) is 37.5 Å². The molecule has 174 valence electrons. The lowest BCUT2D eigenvalue weighted by molar-refractivity contribution is -0.171. The number of esters is 3. The number of Topliss-reactive ketones (excluding diaryl/α,β-unsaturated/α-hetero) is 1. The average Bonchev–Trinajstić information content (AvgIpc) is 3.18. The van der Waals surface area contributed by atoms with Crippen molar-refractivity contribution < 1.29 is 42.9 Å². The van der Waals surface area contributed by atoms with E-state index in [1.54, 1.807) is 25.1 Å². The van der Waals surface area contributed by atoms with Crippen LogP contribution in [0, 0.1) is 17.3 Å². The molecular formula is C23H28O9. The third kappa shape index (κ3) is 4.06. The molecule has 0 amide bonds. The Hall–Kier alpha value is -3.36. The largest absolute Gasteiger partial charge is 0.497 e. The molecule has 0 aliphatic heterocycles. The van der Waals surface area contributed by atoms with E-state index in [9.17, 15) is 19.2 Å². The van der Waals surface area contributed by atoms with Gasteiger partial charge in [0, 0.05) is 17.4 Å². The van der Waals surface area contributed by atoms with E-state index in [0.29, 0.717) is 17.1 Å². The van der Waals surface area contributed by atoms with Gasteiger partial charge in [-0.2, -0.15) is 0 Å². The van der Waals surface area contributed by atoms with E-state index in [4.69, 9.17) is 23.7 Å². The highest BCUT2D eigenvalue weighted by Gasteiger charge is 2.66. The summed E-state index contributed by atoms with van der Waals surface area (Å²) in [7, 11) is 5.12. The lowest BCUT2D eigenvalue weighted by Crippen LogP contribution is -2.45. The summed E-state index contributed by atoms with van der Waals surface area (Å²) in [4.78, 5) is 52.0. The summed E-state index contributed by atoms with van der Waals surface area (Å²) in [6.07, 6.45) is 1.28.